The van der Waals surface area contributed by atoms with Gasteiger partial charge in [-0.1, -0.05) is 12.1 Å². The van der Waals surface area contributed by atoms with E-state index in [4.69, 9.17) is 4.74 Å². The number of nitrogens with zero attached hydrogens (tertiary/aromatic N) is 2. The zero-order chi connectivity index (χ0) is 16.1. The molecule has 6 heteroatoms. The predicted octanol–water partition coefficient (Wildman–Crippen LogP) is 2.25. The molecule has 1 N–H and O–H groups in total. The molecule has 23 heavy (non-hydrogen) atoms. The van der Waals surface area contributed by atoms with Gasteiger partial charge in [0.15, 0.2) is 0 Å². The second kappa shape index (κ2) is 5.23. The molecule has 2 aliphatic rings. The van der Waals surface area contributed by atoms with Crippen LogP contribution in [0.15, 0.2) is 23.0 Å². The Hall–Kier alpha value is -2.08. The average Bonchev–Trinajstić information content (AvgIpc) is 2.92. The monoisotopic (exact) mass is 315 g/mol. The van der Waals surface area contributed by atoms with Crippen molar-refractivity contribution < 1.29 is 9.53 Å². The molecule has 2 aromatic rings. The lowest BCUT2D eigenvalue weighted by atomic mass is 10.0. The van der Waals surface area contributed by atoms with Gasteiger partial charge in [-0.2, -0.15) is 4.57 Å². The average molecular weight is 315 g/mol. The van der Waals surface area contributed by atoms with Gasteiger partial charge >= 0.3 is 11.8 Å². The minimum Gasteiger partial charge on any atom is -0.445 e. The molecule has 0 spiro atoms. The quantitative estimate of drug-likeness (QED) is 0.876. The fourth-order valence-corrected chi connectivity index (χ4v) is 4.11. The van der Waals surface area contributed by atoms with Gasteiger partial charge in [0, 0.05) is 24.9 Å². The number of nitrogens with one attached hydrogen (secondary N) is 1. The van der Waals surface area contributed by atoms with Crippen LogP contribution in [0.5, 0.6) is 0 Å². The van der Waals surface area contributed by atoms with Crippen molar-refractivity contribution in [1.82, 2.24) is 14.5 Å². The zero-order valence-corrected chi connectivity index (χ0v) is 13.4. The summed E-state index contributed by atoms with van der Waals surface area (Å²) in [4.78, 5) is 29.9. The molecule has 1 aromatic carbocycles. The summed E-state index contributed by atoms with van der Waals surface area (Å²) in [5.74, 6) is 0. The van der Waals surface area contributed by atoms with Crippen LogP contribution in [0, 0.1) is 6.92 Å². The maximum absolute atomic E-state index is 12.5. The highest BCUT2D eigenvalue weighted by molar-refractivity contribution is 5.88. The van der Waals surface area contributed by atoms with E-state index in [1.165, 1.54) is 12.8 Å². The molecule has 1 aromatic heterocycles. The first-order chi connectivity index (χ1) is 11.0. The number of H-pyrrole nitrogens is 1. The first-order valence-corrected chi connectivity index (χ1v) is 8.18. The van der Waals surface area contributed by atoms with E-state index in [-0.39, 0.29) is 6.10 Å². The van der Waals surface area contributed by atoms with Crippen molar-refractivity contribution in [3.63, 3.8) is 0 Å². The second-order valence-corrected chi connectivity index (χ2v) is 6.76. The van der Waals surface area contributed by atoms with E-state index in [0.29, 0.717) is 23.1 Å². The Morgan fingerprint density at radius 2 is 1.96 bits per heavy atom. The Labute approximate surface area is 134 Å². The highest BCUT2D eigenvalue weighted by Crippen LogP contribution is 2.35. The summed E-state index contributed by atoms with van der Waals surface area (Å²) in [5.41, 5.74) is 1.77. The van der Waals surface area contributed by atoms with Gasteiger partial charge in [-0.25, -0.2) is 9.59 Å². The maximum atomic E-state index is 12.5. The number of para-hydroxylation sites is 1. The van der Waals surface area contributed by atoms with E-state index in [9.17, 15) is 9.59 Å². The summed E-state index contributed by atoms with van der Waals surface area (Å²) in [7, 11) is 2.15. The Balaban J connectivity index is 1.60. The third kappa shape index (κ3) is 2.28. The predicted molar refractivity (Wildman–Crippen MR) is 86.8 cm³/mol. The van der Waals surface area contributed by atoms with Crippen LogP contribution in [0.25, 0.3) is 11.0 Å². The number of carbonyl (C=O) groups is 1. The van der Waals surface area contributed by atoms with E-state index in [2.05, 4.69) is 16.9 Å². The van der Waals surface area contributed by atoms with Crippen LogP contribution >= 0.6 is 0 Å². The van der Waals surface area contributed by atoms with Crippen LogP contribution < -0.4 is 5.69 Å². The largest absolute Gasteiger partial charge is 0.445 e. The molecule has 0 aliphatic carbocycles. The number of imidazole rings is 1. The van der Waals surface area contributed by atoms with Crippen LogP contribution in [0.1, 0.15) is 31.2 Å². The van der Waals surface area contributed by atoms with E-state index in [1.54, 1.807) is 6.07 Å². The molecule has 0 radical (unpaired) electrons. The van der Waals surface area contributed by atoms with Gasteiger partial charge in [0.05, 0.1) is 11.0 Å². The van der Waals surface area contributed by atoms with Crippen molar-refractivity contribution in [3.05, 3.63) is 34.2 Å². The molecule has 122 valence electrons. The number of aromatic nitrogens is 2. The summed E-state index contributed by atoms with van der Waals surface area (Å²) in [5, 5.41) is 0. The van der Waals surface area contributed by atoms with Crippen molar-refractivity contribution in [2.24, 2.45) is 0 Å². The number of rotatable bonds is 1. The molecule has 2 atom stereocenters. The van der Waals surface area contributed by atoms with Gasteiger partial charge in [-0.15, -0.1) is 0 Å². The highest BCUT2D eigenvalue weighted by Gasteiger charge is 2.40. The Morgan fingerprint density at radius 1 is 1.26 bits per heavy atom. The topological polar surface area (TPSA) is 67.3 Å². The van der Waals surface area contributed by atoms with Crippen LogP contribution in [0.3, 0.4) is 0 Å². The third-order valence-electron chi connectivity index (χ3n) is 5.43. The number of benzene rings is 1. The van der Waals surface area contributed by atoms with Gasteiger partial charge in [0.1, 0.15) is 6.10 Å². The van der Waals surface area contributed by atoms with Crippen LogP contribution in [0.2, 0.25) is 0 Å². The van der Waals surface area contributed by atoms with E-state index in [0.717, 1.165) is 23.0 Å². The summed E-state index contributed by atoms with van der Waals surface area (Å²) >= 11 is 0. The fourth-order valence-electron chi connectivity index (χ4n) is 4.11. The van der Waals surface area contributed by atoms with Gasteiger partial charge < -0.3 is 14.6 Å². The van der Waals surface area contributed by atoms with Crippen molar-refractivity contribution in [2.45, 2.75) is 50.8 Å². The lowest BCUT2D eigenvalue weighted by Gasteiger charge is -2.35. The van der Waals surface area contributed by atoms with Gasteiger partial charge in [-0.3, -0.25) is 0 Å². The Bertz CT molecular complexity index is 808. The standard InChI is InChI=1S/C17H21N3O3/c1-10-4-3-5-14-15(10)18-16(21)20(14)17(22)23-13-8-11-6-7-12(9-13)19(11)2/h3-5,11-13H,6-9H2,1-2H3,(H,18,21). The number of ether oxygens (including phenoxy) is 1. The van der Waals surface area contributed by atoms with E-state index < -0.39 is 11.8 Å². The molecule has 2 fully saturated rings. The maximum Gasteiger partial charge on any atom is 0.423 e. The number of hydrogen-bond donors (Lipinski definition) is 1. The first kappa shape index (κ1) is 14.5. The SMILES string of the molecule is Cc1cccc2c1[nH]c(=O)n2C(=O)OC1CC2CCC(C1)N2C. The molecular weight excluding hydrogens is 294 g/mol. The summed E-state index contributed by atoms with van der Waals surface area (Å²) in [6.45, 7) is 1.91. The molecule has 6 nitrogen and oxygen atoms in total. The van der Waals surface area contributed by atoms with Crippen LogP contribution in [-0.2, 0) is 4.74 Å². The molecule has 2 unspecified atom stereocenters. The number of aromatic amines is 1. The molecule has 3 heterocycles. The van der Waals surface area contributed by atoms with Gasteiger partial charge in [-0.05, 0) is 38.4 Å². The third-order valence-corrected chi connectivity index (χ3v) is 5.43. The summed E-state index contributed by atoms with van der Waals surface area (Å²) < 4.78 is 6.78. The van der Waals surface area contributed by atoms with Crippen molar-refractivity contribution in [1.29, 1.82) is 0 Å². The number of fused-ring (bicyclic) bond motifs is 3. The number of aryl methyl sites for hydroxylation is 1. The minimum atomic E-state index is -0.569. The smallest absolute Gasteiger partial charge is 0.423 e. The fraction of sp³-hybridized carbons (Fsp3) is 0.529. The lowest BCUT2D eigenvalue weighted by Crippen LogP contribution is -2.44. The van der Waals surface area contributed by atoms with Crippen molar-refractivity contribution >= 4 is 17.1 Å². The second-order valence-electron chi connectivity index (χ2n) is 6.76. The Morgan fingerprint density at radius 3 is 2.65 bits per heavy atom. The molecule has 2 saturated heterocycles. The zero-order valence-electron chi connectivity index (χ0n) is 13.4. The number of piperidine rings is 1. The first-order valence-electron chi connectivity index (χ1n) is 8.18. The summed E-state index contributed by atoms with van der Waals surface area (Å²) in [6, 6.07) is 6.49. The van der Waals surface area contributed by atoms with Gasteiger partial charge in [0.2, 0.25) is 0 Å². The molecule has 0 amide bonds. The molecule has 4 rings (SSSR count). The van der Waals surface area contributed by atoms with Crippen molar-refractivity contribution in [3.8, 4) is 0 Å². The lowest BCUT2D eigenvalue weighted by molar-refractivity contribution is 0.0290. The molecular formula is C17H21N3O3. The number of hydrogen-bond acceptors (Lipinski definition) is 4. The Kier molecular flexibility index (Phi) is 3.30. The normalized spacial score (nSPS) is 27.5. The van der Waals surface area contributed by atoms with Crippen LogP contribution in [0.4, 0.5) is 4.79 Å². The van der Waals surface area contributed by atoms with Crippen LogP contribution in [-0.4, -0.2) is 45.8 Å². The molecule has 2 aliphatic heterocycles. The van der Waals surface area contributed by atoms with Gasteiger partial charge in [0.25, 0.3) is 0 Å². The number of carbonyl (C=O) groups excluding carboxylic acids is 1. The summed E-state index contributed by atoms with van der Waals surface area (Å²) in [6.07, 6.45) is 3.38. The van der Waals surface area contributed by atoms with Crippen molar-refractivity contribution in [2.75, 3.05) is 7.05 Å². The minimum absolute atomic E-state index is 0.0992. The van der Waals surface area contributed by atoms with E-state index >= 15 is 0 Å². The highest BCUT2D eigenvalue weighted by atomic mass is 16.6. The molecule has 0 saturated carbocycles. The molecule has 2 bridgehead atoms. The van der Waals surface area contributed by atoms with E-state index in [1.807, 2.05) is 19.1 Å².